The predicted octanol–water partition coefficient (Wildman–Crippen LogP) is 2.92. The number of benzene rings is 1. The van der Waals surface area contributed by atoms with Gasteiger partial charge in [0.15, 0.2) is 0 Å². The van der Waals surface area contributed by atoms with E-state index < -0.39 is 0 Å². The highest BCUT2D eigenvalue weighted by Crippen LogP contribution is 2.48. The van der Waals surface area contributed by atoms with E-state index in [1.165, 1.54) is 42.6 Å². The second kappa shape index (κ2) is 3.49. The Morgan fingerprint density at radius 2 is 2.29 bits per heavy atom. The van der Waals surface area contributed by atoms with Crippen molar-refractivity contribution in [2.45, 2.75) is 38.3 Å². The smallest absolute Gasteiger partial charge is 0.0889 e. The Labute approximate surface area is 103 Å². The van der Waals surface area contributed by atoms with Gasteiger partial charge in [-0.2, -0.15) is 0 Å². The Hall–Kier alpha value is -1.02. The molecule has 0 N–H and O–H groups in total. The third kappa shape index (κ3) is 1.30. The SMILES string of the molecule is CC1Cc2cccc3c2N1CC1CCCOC31. The van der Waals surface area contributed by atoms with Crippen molar-refractivity contribution in [1.29, 1.82) is 0 Å². The van der Waals surface area contributed by atoms with E-state index in [9.17, 15) is 0 Å². The number of anilines is 1. The normalized spacial score (nSPS) is 34.4. The average molecular weight is 229 g/mol. The van der Waals surface area contributed by atoms with Crippen molar-refractivity contribution in [3.05, 3.63) is 29.3 Å². The zero-order chi connectivity index (χ0) is 11.4. The Morgan fingerprint density at radius 3 is 3.24 bits per heavy atom. The lowest BCUT2D eigenvalue weighted by molar-refractivity contribution is -0.0293. The minimum atomic E-state index is 0.375. The lowest BCUT2D eigenvalue weighted by Gasteiger charge is -2.43. The Bertz CT molecular complexity index is 456. The summed E-state index contributed by atoms with van der Waals surface area (Å²) in [7, 11) is 0. The van der Waals surface area contributed by atoms with Gasteiger partial charge in [0, 0.05) is 36.4 Å². The fraction of sp³-hybridized carbons (Fsp3) is 0.600. The van der Waals surface area contributed by atoms with Crippen molar-refractivity contribution in [2.75, 3.05) is 18.1 Å². The number of ether oxygens (including phenoxy) is 1. The molecule has 2 heteroatoms. The first-order chi connectivity index (χ1) is 8.34. The first-order valence-corrected chi connectivity index (χ1v) is 6.84. The Kier molecular flexibility index (Phi) is 2.04. The summed E-state index contributed by atoms with van der Waals surface area (Å²) in [6.07, 6.45) is 4.15. The number of hydrogen-bond donors (Lipinski definition) is 0. The first kappa shape index (κ1) is 9.95. The lowest BCUT2D eigenvalue weighted by atomic mass is 9.84. The Balaban J connectivity index is 1.86. The van der Waals surface area contributed by atoms with E-state index in [1.807, 2.05) is 0 Å². The maximum absolute atomic E-state index is 6.05. The average Bonchev–Trinajstić information content (AvgIpc) is 2.68. The number of rotatable bonds is 0. The number of para-hydroxylation sites is 1. The summed E-state index contributed by atoms with van der Waals surface area (Å²) in [5, 5.41) is 0. The van der Waals surface area contributed by atoms with Crippen molar-refractivity contribution in [3.63, 3.8) is 0 Å². The zero-order valence-electron chi connectivity index (χ0n) is 10.4. The van der Waals surface area contributed by atoms with Gasteiger partial charge in [0.1, 0.15) is 0 Å². The van der Waals surface area contributed by atoms with Gasteiger partial charge in [-0.3, -0.25) is 0 Å². The highest BCUT2D eigenvalue weighted by atomic mass is 16.5. The van der Waals surface area contributed by atoms with Crippen LogP contribution in [0.3, 0.4) is 0 Å². The van der Waals surface area contributed by atoms with Gasteiger partial charge < -0.3 is 9.64 Å². The molecule has 0 aliphatic carbocycles. The van der Waals surface area contributed by atoms with E-state index in [4.69, 9.17) is 4.74 Å². The van der Waals surface area contributed by atoms with E-state index in [2.05, 4.69) is 30.0 Å². The molecule has 0 radical (unpaired) electrons. The topological polar surface area (TPSA) is 12.5 Å². The highest BCUT2D eigenvalue weighted by molar-refractivity contribution is 5.67. The van der Waals surface area contributed by atoms with Gasteiger partial charge in [0.2, 0.25) is 0 Å². The minimum absolute atomic E-state index is 0.375. The predicted molar refractivity (Wildman–Crippen MR) is 68.4 cm³/mol. The molecule has 4 rings (SSSR count). The maximum Gasteiger partial charge on any atom is 0.0889 e. The quantitative estimate of drug-likeness (QED) is 0.678. The van der Waals surface area contributed by atoms with Gasteiger partial charge in [-0.25, -0.2) is 0 Å². The molecule has 3 aliphatic rings. The molecule has 3 atom stereocenters. The van der Waals surface area contributed by atoms with Crippen LogP contribution in [-0.4, -0.2) is 19.2 Å². The molecule has 0 bridgehead atoms. The summed E-state index contributed by atoms with van der Waals surface area (Å²) in [6, 6.07) is 7.46. The zero-order valence-corrected chi connectivity index (χ0v) is 10.4. The summed E-state index contributed by atoms with van der Waals surface area (Å²) < 4.78 is 6.05. The van der Waals surface area contributed by atoms with Crippen LogP contribution in [0.25, 0.3) is 0 Å². The molecular weight excluding hydrogens is 210 g/mol. The van der Waals surface area contributed by atoms with Crippen molar-refractivity contribution < 1.29 is 4.74 Å². The van der Waals surface area contributed by atoms with Crippen molar-refractivity contribution in [1.82, 2.24) is 0 Å². The van der Waals surface area contributed by atoms with Gasteiger partial charge in [-0.05, 0) is 31.7 Å². The number of fused-ring (bicyclic) bond motifs is 2. The number of nitrogens with zero attached hydrogens (tertiary/aromatic N) is 1. The number of hydrogen-bond acceptors (Lipinski definition) is 2. The largest absolute Gasteiger partial charge is 0.373 e. The third-order valence-corrected chi connectivity index (χ3v) is 4.67. The van der Waals surface area contributed by atoms with Crippen LogP contribution >= 0.6 is 0 Å². The molecule has 0 amide bonds. The third-order valence-electron chi connectivity index (χ3n) is 4.67. The maximum atomic E-state index is 6.05. The molecule has 1 aromatic carbocycles. The molecule has 1 aromatic rings. The molecule has 0 saturated carbocycles. The fourth-order valence-electron chi connectivity index (χ4n) is 3.90. The second-order valence-electron chi connectivity index (χ2n) is 5.75. The molecule has 1 saturated heterocycles. The molecule has 3 aliphatic heterocycles. The van der Waals surface area contributed by atoms with Gasteiger partial charge in [-0.15, -0.1) is 0 Å². The Morgan fingerprint density at radius 1 is 1.35 bits per heavy atom. The van der Waals surface area contributed by atoms with Crippen LogP contribution in [-0.2, 0) is 11.2 Å². The molecule has 1 fully saturated rings. The molecule has 0 spiro atoms. The molecule has 3 heterocycles. The van der Waals surface area contributed by atoms with E-state index in [0.29, 0.717) is 18.1 Å². The molecule has 17 heavy (non-hydrogen) atoms. The fourth-order valence-corrected chi connectivity index (χ4v) is 3.90. The van der Waals surface area contributed by atoms with Crippen LogP contribution in [0.5, 0.6) is 0 Å². The van der Waals surface area contributed by atoms with E-state index >= 15 is 0 Å². The summed E-state index contributed by atoms with van der Waals surface area (Å²) in [5.74, 6) is 0.715. The van der Waals surface area contributed by atoms with Crippen molar-refractivity contribution >= 4 is 5.69 Å². The minimum Gasteiger partial charge on any atom is -0.373 e. The summed E-state index contributed by atoms with van der Waals surface area (Å²) in [6.45, 7) is 4.50. The van der Waals surface area contributed by atoms with E-state index in [0.717, 1.165) is 6.61 Å². The molecule has 2 nitrogen and oxygen atoms in total. The molecule has 0 aromatic heterocycles. The van der Waals surface area contributed by atoms with Gasteiger partial charge in [0.25, 0.3) is 0 Å². The summed E-state index contributed by atoms with van der Waals surface area (Å²) in [4.78, 5) is 2.63. The van der Waals surface area contributed by atoms with E-state index in [-0.39, 0.29) is 0 Å². The van der Waals surface area contributed by atoms with Gasteiger partial charge in [-0.1, -0.05) is 18.2 Å². The second-order valence-corrected chi connectivity index (χ2v) is 5.75. The van der Waals surface area contributed by atoms with Gasteiger partial charge >= 0.3 is 0 Å². The lowest BCUT2D eigenvalue weighted by Crippen LogP contribution is -2.42. The van der Waals surface area contributed by atoms with Crippen molar-refractivity contribution in [3.8, 4) is 0 Å². The van der Waals surface area contributed by atoms with Crippen LogP contribution < -0.4 is 4.90 Å². The first-order valence-electron chi connectivity index (χ1n) is 6.84. The molecule has 90 valence electrons. The van der Waals surface area contributed by atoms with Crippen molar-refractivity contribution in [2.24, 2.45) is 5.92 Å². The van der Waals surface area contributed by atoms with Crippen LogP contribution in [0.4, 0.5) is 5.69 Å². The highest BCUT2D eigenvalue weighted by Gasteiger charge is 2.41. The molecule has 3 unspecified atom stereocenters. The van der Waals surface area contributed by atoms with Crippen LogP contribution in [0.15, 0.2) is 18.2 Å². The van der Waals surface area contributed by atoms with Crippen LogP contribution in [0, 0.1) is 5.92 Å². The summed E-state index contributed by atoms with van der Waals surface area (Å²) in [5.41, 5.74) is 4.49. The van der Waals surface area contributed by atoms with Crippen LogP contribution in [0.2, 0.25) is 0 Å². The van der Waals surface area contributed by atoms with E-state index in [1.54, 1.807) is 0 Å². The standard InChI is InChI=1S/C15H19NO/c1-10-8-11-4-2-6-13-14(11)16(10)9-12-5-3-7-17-15(12)13/h2,4,6,10,12,15H,3,5,7-9H2,1H3. The molecular formula is C15H19NO. The summed E-state index contributed by atoms with van der Waals surface area (Å²) >= 11 is 0. The van der Waals surface area contributed by atoms with Gasteiger partial charge in [0.05, 0.1) is 6.10 Å². The van der Waals surface area contributed by atoms with Crippen LogP contribution in [0.1, 0.15) is 37.0 Å². The monoisotopic (exact) mass is 229 g/mol.